The van der Waals surface area contributed by atoms with E-state index in [2.05, 4.69) is 39.5 Å². The first-order valence-corrected chi connectivity index (χ1v) is 8.36. The van der Waals surface area contributed by atoms with Crippen LogP contribution in [0.5, 0.6) is 0 Å². The van der Waals surface area contributed by atoms with Crippen LogP contribution < -0.4 is 0 Å². The van der Waals surface area contributed by atoms with Gasteiger partial charge in [0.2, 0.25) is 0 Å². The molecule has 0 radical (unpaired) electrons. The molecule has 2 heterocycles. The van der Waals surface area contributed by atoms with Gasteiger partial charge in [0.25, 0.3) is 0 Å². The molecule has 20 heavy (non-hydrogen) atoms. The second kappa shape index (κ2) is 4.96. The molecule has 0 aromatic heterocycles. The molecule has 0 aromatic rings. The third-order valence-electron chi connectivity index (χ3n) is 5.95. The highest BCUT2D eigenvalue weighted by atomic mass is 16.6. The summed E-state index contributed by atoms with van der Waals surface area (Å²) in [5.74, 6) is 1.48. The lowest BCUT2D eigenvalue weighted by atomic mass is 9.70. The molecule has 0 unspecified atom stereocenters. The van der Waals surface area contributed by atoms with E-state index < -0.39 is 0 Å². The van der Waals surface area contributed by atoms with Crippen molar-refractivity contribution in [2.45, 2.75) is 83.8 Å². The molecule has 4 atom stereocenters. The minimum atomic E-state index is -0.0186. The highest BCUT2D eigenvalue weighted by molar-refractivity contribution is 5.01. The number of rotatable bonds is 0. The first-order chi connectivity index (χ1) is 9.29. The van der Waals surface area contributed by atoms with Gasteiger partial charge in [0, 0.05) is 18.0 Å². The van der Waals surface area contributed by atoms with Crippen molar-refractivity contribution in [1.29, 1.82) is 0 Å². The molecular formula is C17H31NO2. The Morgan fingerprint density at radius 3 is 2.60 bits per heavy atom. The highest BCUT2D eigenvalue weighted by Crippen LogP contribution is 2.46. The first kappa shape index (κ1) is 14.8. The summed E-state index contributed by atoms with van der Waals surface area (Å²) >= 11 is 0. The van der Waals surface area contributed by atoms with Crippen LogP contribution in [0.1, 0.15) is 60.3 Å². The monoisotopic (exact) mass is 281 g/mol. The van der Waals surface area contributed by atoms with Gasteiger partial charge in [0.1, 0.15) is 6.23 Å². The summed E-state index contributed by atoms with van der Waals surface area (Å²) in [6.45, 7) is 13.4. The van der Waals surface area contributed by atoms with Crippen molar-refractivity contribution in [2.24, 2.45) is 11.8 Å². The number of fused-ring (bicyclic) bond motifs is 2. The van der Waals surface area contributed by atoms with Crippen molar-refractivity contribution in [3.63, 3.8) is 0 Å². The van der Waals surface area contributed by atoms with E-state index in [-0.39, 0.29) is 17.4 Å². The zero-order valence-electron chi connectivity index (χ0n) is 13.8. The lowest BCUT2D eigenvalue weighted by molar-refractivity contribution is -0.241. The zero-order valence-corrected chi connectivity index (χ0v) is 13.8. The van der Waals surface area contributed by atoms with E-state index >= 15 is 0 Å². The molecule has 0 bridgehead atoms. The molecule has 0 amide bonds. The van der Waals surface area contributed by atoms with Crippen LogP contribution in [-0.2, 0) is 9.47 Å². The van der Waals surface area contributed by atoms with Gasteiger partial charge >= 0.3 is 0 Å². The summed E-state index contributed by atoms with van der Waals surface area (Å²) < 4.78 is 12.6. The Hall–Kier alpha value is -0.120. The summed E-state index contributed by atoms with van der Waals surface area (Å²) in [6.07, 6.45) is 5.56. The van der Waals surface area contributed by atoms with Crippen molar-refractivity contribution in [2.75, 3.05) is 13.2 Å². The molecule has 3 heteroatoms. The number of hydrogen-bond donors (Lipinski definition) is 0. The predicted molar refractivity (Wildman–Crippen MR) is 80.6 cm³/mol. The summed E-state index contributed by atoms with van der Waals surface area (Å²) in [4.78, 5) is 2.58. The summed E-state index contributed by atoms with van der Waals surface area (Å²) in [6, 6.07) is 0. The molecule has 2 aliphatic heterocycles. The maximum absolute atomic E-state index is 6.47. The average molecular weight is 281 g/mol. The van der Waals surface area contributed by atoms with Crippen molar-refractivity contribution >= 4 is 0 Å². The van der Waals surface area contributed by atoms with Gasteiger partial charge < -0.3 is 9.47 Å². The molecule has 3 nitrogen and oxygen atoms in total. The van der Waals surface area contributed by atoms with Gasteiger partial charge in [0.15, 0.2) is 0 Å². The third kappa shape index (κ3) is 2.53. The Morgan fingerprint density at radius 1 is 1.10 bits per heavy atom. The number of nitrogens with zero attached hydrogens (tertiary/aromatic N) is 1. The van der Waals surface area contributed by atoms with E-state index in [1.165, 1.54) is 19.3 Å². The minimum absolute atomic E-state index is 0.0186. The molecule has 116 valence electrons. The maximum atomic E-state index is 6.47. The van der Waals surface area contributed by atoms with Crippen LogP contribution in [0, 0.1) is 11.8 Å². The summed E-state index contributed by atoms with van der Waals surface area (Å²) in [7, 11) is 0. The maximum Gasteiger partial charge on any atom is 0.135 e. The minimum Gasteiger partial charge on any atom is -0.371 e. The lowest BCUT2D eigenvalue weighted by Gasteiger charge is -2.56. The van der Waals surface area contributed by atoms with E-state index in [0.717, 1.165) is 18.9 Å². The van der Waals surface area contributed by atoms with E-state index in [1.807, 2.05) is 0 Å². The first-order valence-electron chi connectivity index (χ1n) is 8.36. The standard InChI is InChI=1S/C17H31NO2/c1-12-6-7-13-14(10-12)20-15-11-19-16(2,3)8-9-18(15)17(13,4)5/h12-15H,6-11H2,1-5H3/t12-,13-,14-,15+/m1/s1. The Kier molecular flexibility index (Phi) is 3.67. The van der Waals surface area contributed by atoms with E-state index in [9.17, 15) is 0 Å². The molecule has 0 N–H and O–H groups in total. The van der Waals surface area contributed by atoms with Crippen molar-refractivity contribution < 1.29 is 9.47 Å². The Morgan fingerprint density at radius 2 is 1.85 bits per heavy atom. The molecule has 3 fully saturated rings. The van der Waals surface area contributed by atoms with Crippen LogP contribution in [0.15, 0.2) is 0 Å². The fraction of sp³-hybridized carbons (Fsp3) is 1.00. The van der Waals surface area contributed by atoms with Crippen LogP contribution in [0.3, 0.4) is 0 Å². The van der Waals surface area contributed by atoms with E-state index in [4.69, 9.17) is 9.47 Å². The van der Waals surface area contributed by atoms with Gasteiger partial charge in [0.05, 0.1) is 18.3 Å². The summed E-state index contributed by atoms with van der Waals surface area (Å²) in [5, 5.41) is 0. The molecule has 2 saturated heterocycles. The van der Waals surface area contributed by atoms with Crippen LogP contribution >= 0.6 is 0 Å². The predicted octanol–water partition coefficient (Wildman–Crippen LogP) is 3.43. The van der Waals surface area contributed by atoms with Crippen molar-refractivity contribution in [1.82, 2.24) is 4.90 Å². The molecule has 3 rings (SSSR count). The van der Waals surface area contributed by atoms with Gasteiger partial charge in [-0.3, -0.25) is 4.90 Å². The molecule has 3 aliphatic rings. The largest absolute Gasteiger partial charge is 0.371 e. The number of ether oxygens (including phenoxy) is 2. The smallest absolute Gasteiger partial charge is 0.135 e. The SMILES string of the molecule is C[C@@H]1CC[C@@H]2[C@@H](C1)O[C@H]1COC(C)(C)CCN1C2(C)C. The second-order valence-corrected chi connectivity index (χ2v) is 8.32. The normalized spacial score (nSPS) is 44.2. The molecule has 1 aliphatic carbocycles. The average Bonchev–Trinajstić information content (AvgIpc) is 2.48. The number of hydrogen-bond acceptors (Lipinski definition) is 3. The molecule has 1 saturated carbocycles. The Balaban J connectivity index is 1.83. The van der Waals surface area contributed by atoms with Gasteiger partial charge in [-0.1, -0.05) is 13.3 Å². The quantitative estimate of drug-likeness (QED) is 0.679. The van der Waals surface area contributed by atoms with Gasteiger partial charge in [-0.2, -0.15) is 0 Å². The molecule has 0 spiro atoms. The van der Waals surface area contributed by atoms with E-state index in [0.29, 0.717) is 18.6 Å². The lowest BCUT2D eigenvalue weighted by Crippen LogP contribution is -2.65. The third-order valence-corrected chi connectivity index (χ3v) is 5.95. The topological polar surface area (TPSA) is 21.7 Å². The van der Waals surface area contributed by atoms with Crippen LogP contribution in [0.4, 0.5) is 0 Å². The summed E-state index contributed by atoms with van der Waals surface area (Å²) in [5.41, 5.74) is 0.215. The molecule has 0 aromatic carbocycles. The van der Waals surface area contributed by atoms with E-state index in [1.54, 1.807) is 0 Å². The van der Waals surface area contributed by atoms with Crippen LogP contribution in [0.2, 0.25) is 0 Å². The zero-order chi connectivity index (χ0) is 14.5. The Labute approximate surface area is 124 Å². The van der Waals surface area contributed by atoms with Crippen LogP contribution in [-0.4, -0.2) is 41.5 Å². The fourth-order valence-electron chi connectivity index (χ4n) is 4.47. The fourth-order valence-corrected chi connectivity index (χ4v) is 4.47. The van der Waals surface area contributed by atoms with Crippen molar-refractivity contribution in [3.05, 3.63) is 0 Å². The highest BCUT2D eigenvalue weighted by Gasteiger charge is 2.51. The second-order valence-electron chi connectivity index (χ2n) is 8.32. The van der Waals surface area contributed by atoms with Gasteiger partial charge in [-0.25, -0.2) is 0 Å². The Bertz CT molecular complexity index is 366. The van der Waals surface area contributed by atoms with Crippen LogP contribution in [0.25, 0.3) is 0 Å². The molecular weight excluding hydrogens is 250 g/mol. The van der Waals surface area contributed by atoms with Crippen molar-refractivity contribution in [3.8, 4) is 0 Å². The van der Waals surface area contributed by atoms with Gasteiger partial charge in [-0.05, 0) is 52.9 Å². The van der Waals surface area contributed by atoms with Gasteiger partial charge in [-0.15, -0.1) is 0 Å².